The monoisotopic (exact) mass is 334 g/mol. The maximum Gasteiger partial charge on any atom is 0.317 e. The van der Waals surface area contributed by atoms with Crippen LogP contribution in [0.25, 0.3) is 0 Å². The van der Waals surface area contributed by atoms with Crippen molar-refractivity contribution in [1.29, 1.82) is 0 Å². The second-order valence-corrected chi connectivity index (χ2v) is 7.35. The van der Waals surface area contributed by atoms with Gasteiger partial charge in [-0.15, -0.1) is 0 Å². The lowest BCUT2D eigenvalue weighted by molar-refractivity contribution is -0.149. The number of carboxylic acids is 1. The number of likely N-dealkylation sites (tertiary alicyclic amines) is 1. The molecule has 132 valence electrons. The smallest absolute Gasteiger partial charge is 0.317 e. The fourth-order valence-corrected chi connectivity index (χ4v) is 4.16. The normalized spacial score (nSPS) is 27.1. The Morgan fingerprint density at radius 3 is 2.96 bits per heavy atom. The van der Waals surface area contributed by atoms with E-state index in [1.165, 1.54) is 0 Å². The fourth-order valence-electron chi connectivity index (χ4n) is 4.16. The average Bonchev–Trinajstić information content (AvgIpc) is 3.19. The van der Waals surface area contributed by atoms with E-state index in [-0.39, 0.29) is 17.9 Å². The van der Waals surface area contributed by atoms with Crippen molar-refractivity contribution < 1.29 is 14.7 Å². The zero-order valence-corrected chi connectivity index (χ0v) is 14.4. The van der Waals surface area contributed by atoms with Crippen LogP contribution in [0.4, 0.5) is 4.79 Å². The van der Waals surface area contributed by atoms with E-state index in [0.717, 1.165) is 25.2 Å². The molecule has 2 heterocycles. The quantitative estimate of drug-likeness (QED) is 0.858. The molecule has 2 N–H and O–H groups in total. The van der Waals surface area contributed by atoms with Crippen LogP contribution < -0.4 is 5.32 Å². The van der Waals surface area contributed by atoms with Crippen molar-refractivity contribution >= 4 is 12.0 Å². The zero-order valence-electron chi connectivity index (χ0n) is 14.4. The number of urea groups is 1. The van der Waals surface area contributed by atoms with Gasteiger partial charge in [0, 0.05) is 38.6 Å². The molecule has 7 nitrogen and oxygen atoms in total. The van der Waals surface area contributed by atoms with Crippen LogP contribution in [0.3, 0.4) is 0 Å². The molecule has 1 aliphatic carbocycles. The molecule has 0 spiro atoms. The van der Waals surface area contributed by atoms with Crippen LogP contribution in [0.1, 0.15) is 32.0 Å². The number of hydrogen-bond acceptors (Lipinski definition) is 3. The van der Waals surface area contributed by atoms with Gasteiger partial charge in [0.05, 0.1) is 5.41 Å². The molecule has 2 fully saturated rings. The third kappa shape index (κ3) is 2.99. The van der Waals surface area contributed by atoms with Gasteiger partial charge in [0.25, 0.3) is 0 Å². The topological polar surface area (TPSA) is 87.5 Å². The summed E-state index contributed by atoms with van der Waals surface area (Å²) in [4.78, 5) is 30.0. The van der Waals surface area contributed by atoms with E-state index >= 15 is 0 Å². The van der Waals surface area contributed by atoms with Gasteiger partial charge in [-0.3, -0.25) is 4.79 Å². The first kappa shape index (κ1) is 16.8. The number of aromatic nitrogens is 2. The predicted octanol–water partition coefficient (Wildman–Crippen LogP) is 1.72. The van der Waals surface area contributed by atoms with Crippen LogP contribution >= 0.6 is 0 Å². The van der Waals surface area contributed by atoms with Crippen molar-refractivity contribution in [2.45, 2.75) is 39.7 Å². The lowest BCUT2D eigenvalue weighted by atomic mass is 9.81. The molecule has 2 aliphatic rings. The number of carbonyl (C=O) groups is 2. The molecular weight excluding hydrogens is 308 g/mol. The van der Waals surface area contributed by atoms with Crippen LogP contribution in [-0.2, 0) is 11.3 Å². The number of amides is 2. The zero-order chi connectivity index (χ0) is 17.3. The van der Waals surface area contributed by atoms with Crippen LogP contribution in [0.15, 0.2) is 12.4 Å². The summed E-state index contributed by atoms with van der Waals surface area (Å²) in [6, 6.07) is -0.140. The van der Waals surface area contributed by atoms with Gasteiger partial charge >= 0.3 is 12.0 Å². The second kappa shape index (κ2) is 6.45. The van der Waals surface area contributed by atoms with Crippen LogP contribution in [0, 0.1) is 24.2 Å². The van der Waals surface area contributed by atoms with Crippen LogP contribution in [0.5, 0.6) is 0 Å². The Kier molecular flexibility index (Phi) is 4.51. The molecule has 1 aromatic heterocycles. The summed E-state index contributed by atoms with van der Waals surface area (Å²) >= 11 is 0. The molecule has 1 saturated carbocycles. The van der Waals surface area contributed by atoms with E-state index in [1.54, 1.807) is 11.1 Å². The number of nitrogens with zero attached hydrogens (tertiary/aromatic N) is 3. The van der Waals surface area contributed by atoms with Gasteiger partial charge in [-0.1, -0.05) is 13.3 Å². The summed E-state index contributed by atoms with van der Waals surface area (Å²) in [7, 11) is 0. The predicted molar refractivity (Wildman–Crippen MR) is 88.5 cm³/mol. The van der Waals surface area contributed by atoms with Crippen molar-refractivity contribution in [3.8, 4) is 0 Å². The molecule has 3 atom stereocenters. The highest BCUT2D eigenvalue weighted by molar-refractivity contribution is 5.80. The van der Waals surface area contributed by atoms with Gasteiger partial charge in [0.2, 0.25) is 0 Å². The Labute approximate surface area is 142 Å². The minimum absolute atomic E-state index is 0.103. The van der Waals surface area contributed by atoms with Crippen LogP contribution in [-0.4, -0.2) is 51.2 Å². The summed E-state index contributed by atoms with van der Waals surface area (Å²) in [5.74, 6) is 0.595. The molecule has 3 rings (SSSR count). The summed E-state index contributed by atoms with van der Waals surface area (Å²) < 4.78 is 2.07. The van der Waals surface area contributed by atoms with Crippen LogP contribution in [0.2, 0.25) is 0 Å². The third-order valence-electron chi connectivity index (χ3n) is 5.62. The maximum absolute atomic E-state index is 12.4. The number of imidazole rings is 1. The van der Waals surface area contributed by atoms with Crippen molar-refractivity contribution in [3.05, 3.63) is 18.2 Å². The number of carboxylic acid groups (broad SMARTS) is 1. The Morgan fingerprint density at radius 1 is 1.54 bits per heavy atom. The number of rotatable bonds is 5. The van der Waals surface area contributed by atoms with E-state index in [1.807, 2.05) is 13.1 Å². The molecule has 1 saturated heterocycles. The molecule has 0 bridgehead atoms. The van der Waals surface area contributed by atoms with E-state index in [0.29, 0.717) is 26.1 Å². The van der Waals surface area contributed by atoms with Gasteiger partial charge in [-0.2, -0.15) is 0 Å². The first-order chi connectivity index (χ1) is 11.4. The molecule has 1 aliphatic heterocycles. The summed E-state index contributed by atoms with van der Waals surface area (Å²) in [5.41, 5.74) is -0.711. The molecule has 0 radical (unpaired) electrons. The summed E-state index contributed by atoms with van der Waals surface area (Å²) in [6.07, 6.45) is 6.26. The Balaban J connectivity index is 1.51. The van der Waals surface area contributed by atoms with E-state index in [4.69, 9.17) is 0 Å². The lowest BCUT2D eigenvalue weighted by Crippen LogP contribution is -2.43. The fraction of sp³-hybridized carbons (Fsp3) is 0.706. The number of aliphatic carboxylic acids is 1. The Hall–Kier alpha value is -2.05. The molecule has 1 aromatic rings. The number of aryl methyl sites for hydroxylation is 1. The number of nitrogens with one attached hydrogen (secondary N) is 1. The van der Waals surface area contributed by atoms with Gasteiger partial charge < -0.3 is 19.9 Å². The van der Waals surface area contributed by atoms with Gasteiger partial charge in [-0.05, 0) is 31.6 Å². The Morgan fingerprint density at radius 2 is 2.33 bits per heavy atom. The van der Waals surface area contributed by atoms with Crippen molar-refractivity contribution in [2.75, 3.05) is 19.6 Å². The highest BCUT2D eigenvalue weighted by Crippen LogP contribution is 2.48. The lowest BCUT2D eigenvalue weighted by Gasteiger charge is -2.24. The first-order valence-electron chi connectivity index (χ1n) is 8.66. The number of carbonyl (C=O) groups excluding carboxylic acids is 1. The third-order valence-corrected chi connectivity index (χ3v) is 5.62. The molecule has 0 aromatic carbocycles. The largest absolute Gasteiger partial charge is 0.481 e. The van der Waals surface area contributed by atoms with E-state index in [9.17, 15) is 14.7 Å². The first-order valence-corrected chi connectivity index (χ1v) is 8.66. The Bertz CT molecular complexity index is 629. The highest BCUT2D eigenvalue weighted by Gasteiger charge is 2.55. The van der Waals surface area contributed by atoms with E-state index < -0.39 is 11.4 Å². The molecule has 1 unspecified atom stereocenters. The van der Waals surface area contributed by atoms with Crippen molar-refractivity contribution in [2.24, 2.45) is 17.3 Å². The number of fused-ring (bicyclic) bond motifs is 1. The standard InChI is InChI=1S/C17H26N4O3/c1-12(9-20-7-6-18-13(20)2)8-19-16(24)21-10-14-4-3-5-17(14,11-21)15(22)23/h6-7,12,14H,3-5,8-11H2,1-2H3,(H,19,24)(H,22,23)/t12?,14-,17+/m0/s1. The molecule has 2 amide bonds. The summed E-state index contributed by atoms with van der Waals surface area (Å²) in [6.45, 7) is 6.31. The maximum atomic E-state index is 12.4. The van der Waals surface area contributed by atoms with Gasteiger partial charge in [0.15, 0.2) is 0 Å². The molecule has 7 heteroatoms. The van der Waals surface area contributed by atoms with Crippen molar-refractivity contribution in [1.82, 2.24) is 19.8 Å². The minimum atomic E-state index is -0.746. The molecular formula is C17H26N4O3. The summed E-state index contributed by atoms with van der Waals surface area (Å²) in [5, 5.41) is 12.6. The number of hydrogen-bond donors (Lipinski definition) is 2. The van der Waals surface area contributed by atoms with Gasteiger partial charge in [-0.25, -0.2) is 9.78 Å². The highest BCUT2D eigenvalue weighted by atomic mass is 16.4. The van der Waals surface area contributed by atoms with Gasteiger partial charge in [0.1, 0.15) is 5.82 Å². The van der Waals surface area contributed by atoms with E-state index in [2.05, 4.69) is 21.8 Å². The SMILES string of the molecule is Cc1nccn1CC(C)CNC(=O)N1C[C@@H]2CCC[C@@]2(C(=O)O)C1. The minimum Gasteiger partial charge on any atom is -0.481 e. The second-order valence-electron chi connectivity index (χ2n) is 7.35. The molecule has 24 heavy (non-hydrogen) atoms. The average molecular weight is 334 g/mol. The van der Waals surface area contributed by atoms with Crippen molar-refractivity contribution in [3.63, 3.8) is 0 Å².